The second kappa shape index (κ2) is 5.61. The minimum absolute atomic E-state index is 0.0993. The summed E-state index contributed by atoms with van der Waals surface area (Å²) in [6.45, 7) is 2.41. The summed E-state index contributed by atoms with van der Waals surface area (Å²) in [7, 11) is 0. The zero-order valence-electron chi connectivity index (χ0n) is 11.6. The first-order chi connectivity index (χ1) is 10.0. The van der Waals surface area contributed by atoms with E-state index in [4.69, 9.17) is 4.42 Å². The Balaban J connectivity index is 1.88. The van der Waals surface area contributed by atoms with Crippen molar-refractivity contribution in [2.45, 2.75) is 32.4 Å². The summed E-state index contributed by atoms with van der Waals surface area (Å²) in [5.74, 6) is 1.48. The van der Waals surface area contributed by atoms with Crippen LogP contribution in [-0.4, -0.2) is 11.0 Å². The Kier molecular flexibility index (Phi) is 3.82. The van der Waals surface area contributed by atoms with Crippen molar-refractivity contribution in [1.29, 1.82) is 0 Å². The molecule has 0 unspecified atom stereocenters. The number of hydrogen-bond acceptors (Lipinski definition) is 4. The first kappa shape index (κ1) is 14.3. The molecule has 1 aromatic carbocycles. The summed E-state index contributed by atoms with van der Waals surface area (Å²) in [4.78, 5) is 10.7. The molecule has 0 bridgehead atoms. The summed E-state index contributed by atoms with van der Waals surface area (Å²) in [5.41, 5.74) is 1.42. The molecule has 6 heteroatoms. The van der Waals surface area contributed by atoms with Crippen molar-refractivity contribution in [2.75, 3.05) is 0 Å². The number of halogens is 1. The smallest absolute Gasteiger partial charge is 0.273 e. The molecule has 0 amide bonds. The molecule has 2 aromatic rings. The van der Waals surface area contributed by atoms with Gasteiger partial charge in [0.05, 0.1) is 11.5 Å². The van der Waals surface area contributed by atoms with Gasteiger partial charge in [-0.2, -0.15) is 0 Å². The van der Waals surface area contributed by atoms with Gasteiger partial charge in [-0.3, -0.25) is 10.1 Å². The molecule has 0 spiro atoms. The van der Waals surface area contributed by atoms with E-state index in [-0.39, 0.29) is 10.6 Å². The van der Waals surface area contributed by atoms with Gasteiger partial charge in [0.15, 0.2) is 0 Å². The van der Waals surface area contributed by atoms with Crippen LogP contribution in [-0.2, 0) is 6.54 Å². The number of nitrogens with zero attached hydrogens (tertiary/aromatic N) is 1. The van der Waals surface area contributed by atoms with E-state index in [0.717, 1.165) is 10.2 Å². The monoisotopic (exact) mass is 350 g/mol. The maximum Gasteiger partial charge on any atom is 0.273 e. The second-order valence-corrected chi connectivity index (χ2v) is 6.15. The molecule has 21 heavy (non-hydrogen) atoms. The highest BCUT2D eigenvalue weighted by molar-refractivity contribution is 9.10. The van der Waals surface area contributed by atoms with E-state index in [1.165, 1.54) is 12.8 Å². The van der Waals surface area contributed by atoms with Crippen LogP contribution in [0.15, 0.2) is 33.2 Å². The van der Waals surface area contributed by atoms with Crippen molar-refractivity contribution in [3.8, 4) is 11.3 Å². The Morgan fingerprint density at radius 2 is 2.19 bits per heavy atom. The molecule has 1 N–H and O–H groups in total. The Bertz CT molecular complexity index is 692. The molecule has 3 rings (SSSR count). The number of nitro groups is 1. The van der Waals surface area contributed by atoms with E-state index in [2.05, 4.69) is 21.2 Å². The molecule has 0 radical (unpaired) electrons. The van der Waals surface area contributed by atoms with E-state index in [1.807, 2.05) is 12.1 Å². The van der Waals surface area contributed by atoms with Crippen molar-refractivity contribution in [3.63, 3.8) is 0 Å². The molecule has 0 saturated heterocycles. The lowest BCUT2D eigenvalue weighted by atomic mass is 10.1. The fraction of sp³-hybridized carbons (Fsp3) is 0.333. The fourth-order valence-electron chi connectivity index (χ4n) is 2.20. The van der Waals surface area contributed by atoms with Crippen LogP contribution in [0.4, 0.5) is 5.69 Å². The van der Waals surface area contributed by atoms with Crippen LogP contribution >= 0.6 is 15.9 Å². The molecule has 110 valence electrons. The van der Waals surface area contributed by atoms with Crippen molar-refractivity contribution < 1.29 is 9.34 Å². The maximum atomic E-state index is 11.1. The molecule has 1 aliphatic rings. The van der Waals surface area contributed by atoms with Crippen molar-refractivity contribution >= 4 is 21.6 Å². The zero-order valence-corrected chi connectivity index (χ0v) is 13.1. The van der Waals surface area contributed by atoms with Gasteiger partial charge < -0.3 is 9.73 Å². The van der Waals surface area contributed by atoms with Crippen LogP contribution in [0.2, 0.25) is 0 Å². The Morgan fingerprint density at radius 1 is 1.43 bits per heavy atom. The average molecular weight is 351 g/mol. The Labute approximate surface area is 130 Å². The number of aryl methyl sites for hydroxylation is 1. The highest BCUT2D eigenvalue weighted by Gasteiger charge is 2.21. The summed E-state index contributed by atoms with van der Waals surface area (Å²) in [5, 5.41) is 14.4. The third-order valence-electron chi connectivity index (χ3n) is 3.55. The lowest BCUT2D eigenvalue weighted by Crippen LogP contribution is -2.14. The fourth-order valence-corrected chi connectivity index (χ4v) is 2.85. The number of hydrogen-bond donors (Lipinski definition) is 1. The molecule has 1 heterocycles. The molecule has 1 saturated carbocycles. The maximum absolute atomic E-state index is 11.1. The predicted octanol–water partition coefficient (Wildman–Crippen LogP) is 4.18. The van der Waals surface area contributed by atoms with Gasteiger partial charge in [0.25, 0.3) is 5.69 Å². The van der Waals surface area contributed by atoms with E-state index >= 15 is 0 Å². The van der Waals surface area contributed by atoms with Crippen molar-refractivity contribution in [1.82, 2.24) is 5.32 Å². The van der Waals surface area contributed by atoms with Gasteiger partial charge in [0.1, 0.15) is 11.5 Å². The zero-order chi connectivity index (χ0) is 15.0. The summed E-state index contributed by atoms with van der Waals surface area (Å²) >= 11 is 3.45. The van der Waals surface area contributed by atoms with Crippen LogP contribution in [0.1, 0.15) is 24.2 Å². The van der Waals surface area contributed by atoms with E-state index in [9.17, 15) is 10.1 Å². The minimum Gasteiger partial charge on any atom is -0.460 e. The first-order valence-corrected chi connectivity index (χ1v) is 7.61. The summed E-state index contributed by atoms with van der Waals surface area (Å²) in [6, 6.07) is 7.67. The first-order valence-electron chi connectivity index (χ1n) is 6.81. The van der Waals surface area contributed by atoms with Crippen LogP contribution in [0, 0.1) is 17.0 Å². The molecule has 5 nitrogen and oxygen atoms in total. The van der Waals surface area contributed by atoms with Crippen LogP contribution in [0.25, 0.3) is 11.3 Å². The SMILES string of the molecule is Cc1cc(Br)c(-c2ccc(CNC3CC3)o2)cc1[N+](=O)[O-]. The van der Waals surface area contributed by atoms with Crippen molar-refractivity contribution in [2.24, 2.45) is 0 Å². The van der Waals surface area contributed by atoms with Crippen LogP contribution in [0.5, 0.6) is 0 Å². The quantitative estimate of drug-likeness (QED) is 0.648. The van der Waals surface area contributed by atoms with Crippen LogP contribution in [0.3, 0.4) is 0 Å². The Hall–Kier alpha value is -1.66. The molecule has 0 atom stereocenters. The van der Waals surface area contributed by atoms with E-state index < -0.39 is 0 Å². The number of benzene rings is 1. The van der Waals surface area contributed by atoms with Crippen LogP contribution < -0.4 is 5.32 Å². The molecule has 1 aliphatic carbocycles. The molecule has 0 aliphatic heterocycles. The van der Waals surface area contributed by atoms with Gasteiger partial charge >= 0.3 is 0 Å². The number of furan rings is 1. The topological polar surface area (TPSA) is 68.3 Å². The highest BCUT2D eigenvalue weighted by atomic mass is 79.9. The van der Waals surface area contributed by atoms with Gasteiger partial charge in [-0.05, 0) is 38.0 Å². The van der Waals surface area contributed by atoms with Gasteiger partial charge in [0, 0.05) is 27.7 Å². The van der Waals surface area contributed by atoms with E-state index in [0.29, 0.717) is 29.5 Å². The lowest BCUT2D eigenvalue weighted by molar-refractivity contribution is -0.385. The Morgan fingerprint density at radius 3 is 2.86 bits per heavy atom. The van der Waals surface area contributed by atoms with Gasteiger partial charge in [-0.25, -0.2) is 0 Å². The molecular weight excluding hydrogens is 336 g/mol. The predicted molar refractivity (Wildman–Crippen MR) is 83.1 cm³/mol. The largest absolute Gasteiger partial charge is 0.460 e. The van der Waals surface area contributed by atoms with E-state index in [1.54, 1.807) is 19.1 Å². The third-order valence-corrected chi connectivity index (χ3v) is 4.21. The van der Waals surface area contributed by atoms with Gasteiger partial charge in [-0.1, -0.05) is 15.9 Å². The number of nitrogens with one attached hydrogen (secondary N) is 1. The third kappa shape index (κ3) is 3.16. The molecule has 1 fully saturated rings. The van der Waals surface area contributed by atoms with Gasteiger partial charge in [0.2, 0.25) is 0 Å². The van der Waals surface area contributed by atoms with Crippen molar-refractivity contribution in [3.05, 3.63) is 50.2 Å². The minimum atomic E-state index is -0.371. The highest BCUT2D eigenvalue weighted by Crippen LogP contribution is 2.35. The normalized spacial score (nSPS) is 14.4. The van der Waals surface area contributed by atoms with Gasteiger partial charge in [-0.15, -0.1) is 0 Å². The molecule has 1 aromatic heterocycles. The second-order valence-electron chi connectivity index (χ2n) is 5.30. The number of rotatable bonds is 5. The average Bonchev–Trinajstić information content (AvgIpc) is 3.14. The lowest BCUT2D eigenvalue weighted by Gasteiger charge is -2.04. The molecular formula is C15H15BrN2O3. The summed E-state index contributed by atoms with van der Waals surface area (Å²) < 4.78 is 6.58. The standard InChI is InChI=1S/C15H15BrN2O3/c1-9-6-13(16)12(7-14(9)18(19)20)15-5-4-11(21-15)8-17-10-2-3-10/h4-7,10,17H,2-3,8H2,1H3. The number of nitro benzene ring substituents is 1. The summed E-state index contributed by atoms with van der Waals surface area (Å²) in [6.07, 6.45) is 2.45.